The van der Waals surface area contributed by atoms with Crippen LogP contribution in [0.4, 0.5) is 14.5 Å². The standard InChI is InChI=1S/C7H11F2N3/c1-7(2,3)12-6(9)4(10)5(8)11-12/h10H2,1-3H3. The molecule has 0 amide bonds. The lowest BCUT2D eigenvalue weighted by molar-refractivity contribution is 0.293. The SMILES string of the molecule is CC(C)(C)n1nc(F)c(N)c1F. The van der Waals surface area contributed by atoms with Gasteiger partial charge in [0.2, 0.25) is 5.95 Å². The first-order valence-corrected chi connectivity index (χ1v) is 3.54. The van der Waals surface area contributed by atoms with Crippen molar-refractivity contribution in [3.05, 3.63) is 11.9 Å². The quantitative estimate of drug-likeness (QED) is 0.649. The zero-order chi connectivity index (χ0) is 9.52. The molecule has 0 saturated heterocycles. The number of halogens is 2. The van der Waals surface area contributed by atoms with Gasteiger partial charge in [-0.25, -0.2) is 4.68 Å². The molecule has 0 saturated carbocycles. The predicted molar refractivity (Wildman–Crippen MR) is 41.6 cm³/mol. The monoisotopic (exact) mass is 175 g/mol. The fraction of sp³-hybridized carbons (Fsp3) is 0.571. The van der Waals surface area contributed by atoms with Crippen LogP contribution in [0, 0.1) is 11.9 Å². The normalized spacial score (nSPS) is 12.1. The van der Waals surface area contributed by atoms with Gasteiger partial charge in [0.15, 0.2) is 0 Å². The van der Waals surface area contributed by atoms with E-state index in [1.807, 2.05) is 0 Å². The van der Waals surface area contributed by atoms with E-state index in [1.165, 1.54) is 0 Å². The highest BCUT2D eigenvalue weighted by Crippen LogP contribution is 2.21. The Morgan fingerprint density at radius 1 is 1.33 bits per heavy atom. The Hall–Kier alpha value is -1.13. The van der Waals surface area contributed by atoms with Crippen LogP contribution in [0.1, 0.15) is 20.8 Å². The maximum absolute atomic E-state index is 13.1. The Labute approximate surface area is 69.2 Å². The van der Waals surface area contributed by atoms with E-state index >= 15 is 0 Å². The van der Waals surface area contributed by atoms with Crippen LogP contribution in [0.3, 0.4) is 0 Å². The van der Waals surface area contributed by atoms with Crippen molar-refractivity contribution in [3.8, 4) is 0 Å². The minimum Gasteiger partial charge on any atom is -0.391 e. The number of nitrogens with two attached hydrogens (primary N) is 1. The molecule has 0 aromatic carbocycles. The summed E-state index contributed by atoms with van der Waals surface area (Å²) in [6.07, 6.45) is 0. The third kappa shape index (κ3) is 1.26. The van der Waals surface area contributed by atoms with Gasteiger partial charge in [-0.05, 0) is 20.8 Å². The van der Waals surface area contributed by atoms with Crippen molar-refractivity contribution in [2.24, 2.45) is 0 Å². The molecular formula is C7H11F2N3. The van der Waals surface area contributed by atoms with E-state index < -0.39 is 23.1 Å². The first-order valence-electron chi connectivity index (χ1n) is 3.54. The second kappa shape index (κ2) is 2.43. The summed E-state index contributed by atoms with van der Waals surface area (Å²) in [5, 5.41) is 3.33. The van der Waals surface area contributed by atoms with Crippen LogP contribution >= 0.6 is 0 Å². The summed E-state index contributed by atoms with van der Waals surface area (Å²) >= 11 is 0. The zero-order valence-electron chi connectivity index (χ0n) is 7.23. The Bertz CT molecular complexity index is 298. The average molecular weight is 175 g/mol. The van der Waals surface area contributed by atoms with Gasteiger partial charge in [-0.15, -0.1) is 5.10 Å². The summed E-state index contributed by atoms with van der Waals surface area (Å²) in [5.74, 6) is -1.78. The first-order chi connectivity index (χ1) is 5.34. The molecule has 0 spiro atoms. The van der Waals surface area contributed by atoms with Crippen LogP contribution in [-0.2, 0) is 5.54 Å². The molecule has 0 fully saturated rings. The topological polar surface area (TPSA) is 43.8 Å². The van der Waals surface area contributed by atoms with Gasteiger partial charge in [0.25, 0.3) is 5.95 Å². The Kier molecular flexibility index (Phi) is 1.82. The third-order valence-corrected chi connectivity index (χ3v) is 1.45. The molecule has 0 atom stereocenters. The molecule has 1 aromatic heterocycles. The van der Waals surface area contributed by atoms with Crippen LogP contribution in [0.5, 0.6) is 0 Å². The van der Waals surface area contributed by atoms with E-state index in [1.54, 1.807) is 20.8 Å². The summed E-state index contributed by atoms with van der Waals surface area (Å²) in [6.45, 7) is 5.13. The highest BCUT2D eigenvalue weighted by Gasteiger charge is 2.23. The molecule has 0 unspecified atom stereocenters. The van der Waals surface area contributed by atoms with Crippen molar-refractivity contribution in [1.82, 2.24) is 9.78 Å². The maximum Gasteiger partial charge on any atom is 0.258 e. The van der Waals surface area contributed by atoms with Crippen molar-refractivity contribution >= 4 is 5.69 Å². The minimum absolute atomic E-state index is 0.523. The summed E-state index contributed by atoms with van der Waals surface area (Å²) in [7, 11) is 0. The fourth-order valence-electron chi connectivity index (χ4n) is 0.829. The van der Waals surface area contributed by atoms with Gasteiger partial charge in [0.1, 0.15) is 5.69 Å². The minimum atomic E-state index is -0.956. The van der Waals surface area contributed by atoms with Gasteiger partial charge < -0.3 is 5.73 Å². The van der Waals surface area contributed by atoms with Crippen LogP contribution in [0.15, 0.2) is 0 Å². The summed E-state index contributed by atoms with van der Waals surface area (Å²) in [4.78, 5) is 0. The first kappa shape index (κ1) is 8.96. The number of hydrogen-bond acceptors (Lipinski definition) is 2. The molecule has 0 aliphatic heterocycles. The molecule has 1 aromatic rings. The molecule has 3 nitrogen and oxygen atoms in total. The second-order valence-electron chi connectivity index (χ2n) is 3.58. The van der Waals surface area contributed by atoms with Crippen LogP contribution < -0.4 is 5.73 Å². The molecule has 12 heavy (non-hydrogen) atoms. The zero-order valence-corrected chi connectivity index (χ0v) is 7.23. The fourth-order valence-corrected chi connectivity index (χ4v) is 0.829. The Morgan fingerprint density at radius 2 is 1.83 bits per heavy atom. The lowest BCUT2D eigenvalue weighted by Gasteiger charge is -2.18. The predicted octanol–water partition coefficient (Wildman–Crippen LogP) is 1.50. The summed E-state index contributed by atoms with van der Waals surface area (Å²) < 4.78 is 26.6. The summed E-state index contributed by atoms with van der Waals surface area (Å²) in [5.41, 5.74) is 3.95. The van der Waals surface area contributed by atoms with Gasteiger partial charge in [-0.1, -0.05) is 0 Å². The van der Waals surface area contributed by atoms with Crippen molar-refractivity contribution < 1.29 is 8.78 Å². The van der Waals surface area contributed by atoms with Crippen molar-refractivity contribution in [2.45, 2.75) is 26.3 Å². The molecule has 68 valence electrons. The molecule has 0 radical (unpaired) electrons. The van der Waals surface area contributed by atoms with Gasteiger partial charge in [-0.3, -0.25) is 0 Å². The van der Waals surface area contributed by atoms with Gasteiger partial charge >= 0.3 is 0 Å². The largest absolute Gasteiger partial charge is 0.391 e. The average Bonchev–Trinajstić information content (AvgIpc) is 2.15. The van der Waals surface area contributed by atoms with Crippen LogP contribution in [0.25, 0.3) is 0 Å². The van der Waals surface area contributed by atoms with Crippen LogP contribution in [0.2, 0.25) is 0 Å². The smallest absolute Gasteiger partial charge is 0.258 e. The van der Waals surface area contributed by atoms with Crippen molar-refractivity contribution in [3.63, 3.8) is 0 Å². The molecule has 5 heteroatoms. The highest BCUT2D eigenvalue weighted by atomic mass is 19.1. The van der Waals surface area contributed by atoms with E-state index in [0.717, 1.165) is 4.68 Å². The highest BCUT2D eigenvalue weighted by molar-refractivity contribution is 5.35. The van der Waals surface area contributed by atoms with E-state index in [-0.39, 0.29) is 0 Å². The Morgan fingerprint density at radius 3 is 2.00 bits per heavy atom. The number of nitrogens with zero attached hydrogens (tertiary/aromatic N) is 2. The number of aromatic nitrogens is 2. The number of rotatable bonds is 0. The number of nitrogen functional groups attached to an aromatic ring is 1. The van der Waals surface area contributed by atoms with Crippen LogP contribution in [-0.4, -0.2) is 9.78 Å². The van der Waals surface area contributed by atoms with Gasteiger partial charge in [0, 0.05) is 0 Å². The lowest BCUT2D eigenvalue weighted by Crippen LogP contribution is -2.25. The van der Waals surface area contributed by atoms with E-state index in [9.17, 15) is 8.78 Å². The van der Waals surface area contributed by atoms with E-state index in [0.29, 0.717) is 0 Å². The molecule has 0 aliphatic rings. The van der Waals surface area contributed by atoms with E-state index in [4.69, 9.17) is 5.73 Å². The lowest BCUT2D eigenvalue weighted by atomic mass is 10.1. The molecule has 1 rings (SSSR count). The molecule has 0 aliphatic carbocycles. The number of hydrogen-bond donors (Lipinski definition) is 1. The van der Waals surface area contributed by atoms with Crippen molar-refractivity contribution in [1.29, 1.82) is 0 Å². The van der Waals surface area contributed by atoms with Gasteiger partial charge in [-0.2, -0.15) is 8.78 Å². The van der Waals surface area contributed by atoms with Gasteiger partial charge in [0.05, 0.1) is 5.54 Å². The Balaban J connectivity index is 3.28. The van der Waals surface area contributed by atoms with E-state index in [2.05, 4.69) is 5.10 Å². The molecule has 2 N–H and O–H groups in total. The molecule has 1 heterocycles. The molecule has 0 bridgehead atoms. The maximum atomic E-state index is 13.1. The molecular weight excluding hydrogens is 164 g/mol. The summed E-state index contributed by atoms with van der Waals surface area (Å²) in [6, 6.07) is 0. The third-order valence-electron chi connectivity index (χ3n) is 1.45. The number of anilines is 1. The van der Waals surface area contributed by atoms with Crippen molar-refractivity contribution in [2.75, 3.05) is 5.73 Å². The second-order valence-corrected chi connectivity index (χ2v) is 3.58.